The van der Waals surface area contributed by atoms with Crippen molar-refractivity contribution in [3.05, 3.63) is 60.2 Å². The Kier molecular flexibility index (Phi) is 4.95. The Bertz CT molecular complexity index is 987. The summed E-state index contributed by atoms with van der Waals surface area (Å²) in [5, 5.41) is 24.0. The molecule has 0 unspecified atom stereocenters. The lowest BCUT2D eigenvalue weighted by Gasteiger charge is -2.06. The van der Waals surface area contributed by atoms with Crippen LogP contribution < -0.4 is 11.2 Å². The minimum Gasteiger partial charge on any atom is -0.382 e. The molecule has 3 aromatic rings. The maximum absolute atomic E-state index is 8.91. The van der Waals surface area contributed by atoms with Gasteiger partial charge in [0, 0.05) is 18.0 Å². The molecule has 0 aliphatic heterocycles. The van der Waals surface area contributed by atoms with Gasteiger partial charge in [0.25, 0.3) is 0 Å². The van der Waals surface area contributed by atoms with Gasteiger partial charge in [-0.3, -0.25) is 15.8 Å². The van der Waals surface area contributed by atoms with Gasteiger partial charge in [-0.1, -0.05) is 23.4 Å². The number of hydrazone groups is 1. The van der Waals surface area contributed by atoms with E-state index < -0.39 is 5.84 Å². The Morgan fingerprint density at radius 1 is 1.31 bits per heavy atom. The molecule has 0 spiro atoms. The van der Waals surface area contributed by atoms with Crippen LogP contribution in [0.4, 0.5) is 5.69 Å². The molecule has 9 nitrogen and oxygen atoms in total. The number of hydrogen-bond donors (Lipinski definition) is 3. The maximum atomic E-state index is 8.91. The third kappa shape index (κ3) is 3.88. The van der Waals surface area contributed by atoms with E-state index in [0.717, 1.165) is 11.1 Å². The molecule has 26 heavy (non-hydrogen) atoms. The van der Waals surface area contributed by atoms with Crippen LogP contribution in [0.15, 0.2) is 58.4 Å². The second-order valence-corrected chi connectivity index (χ2v) is 5.19. The Morgan fingerprint density at radius 3 is 2.88 bits per heavy atom. The topological polar surface area (TPSA) is 150 Å². The van der Waals surface area contributed by atoms with Crippen LogP contribution in [0.5, 0.6) is 0 Å². The highest BCUT2D eigenvalue weighted by Gasteiger charge is 2.11. The van der Waals surface area contributed by atoms with Crippen LogP contribution in [0.1, 0.15) is 11.5 Å². The normalized spacial score (nSPS) is 11.0. The van der Waals surface area contributed by atoms with Crippen molar-refractivity contribution in [2.75, 3.05) is 5.43 Å². The van der Waals surface area contributed by atoms with Crippen molar-refractivity contribution in [3.8, 4) is 17.5 Å². The fraction of sp³-hybridized carbons (Fsp3) is 0.0588. The van der Waals surface area contributed by atoms with Gasteiger partial charge in [-0.25, -0.2) is 0 Å². The van der Waals surface area contributed by atoms with E-state index in [-0.39, 0.29) is 5.71 Å². The molecule has 0 saturated carbocycles. The molecule has 0 aliphatic carbocycles. The molecule has 2 heterocycles. The van der Waals surface area contributed by atoms with E-state index in [0.29, 0.717) is 23.8 Å². The summed E-state index contributed by atoms with van der Waals surface area (Å²) in [5.74, 6) is 0.476. The zero-order chi connectivity index (χ0) is 18.4. The molecule has 0 atom stereocenters. The van der Waals surface area contributed by atoms with Crippen LogP contribution in [0, 0.1) is 16.7 Å². The molecule has 0 aliphatic rings. The van der Waals surface area contributed by atoms with Crippen molar-refractivity contribution in [2.24, 2.45) is 10.8 Å². The summed E-state index contributed by atoms with van der Waals surface area (Å²) in [5.41, 5.74) is 10.1. The molecule has 0 fully saturated rings. The standard InChI is InChI=1S/C17H14N8O/c18-9-14(16(19)20)24-23-13-6-2-1-4-11(13)8-15-22-17(25-26-15)12-5-3-7-21-10-12/h1-7,10,23H,8H2,(H3,19,20)/b24-14+. The molecule has 1 aromatic carbocycles. The molecule has 0 amide bonds. The Balaban J connectivity index is 1.80. The fourth-order valence-corrected chi connectivity index (χ4v) is 2.15. The smallest absolute Gasteiger partial charge is 0.231 e. The van der Waals surface area contributed by atoms with Crippen molar-refractivity contribution in [1.29, 1.82) is 10.7 Å². The zero-order valence-corrected chi connectivity index (χ0v) is 13.5. The highest BCUT2D eigenvalue weighted by atomic mass is 16.5. The molecular formula is C17H14N8O. The summed E-state index contributed by atoms with van der Waals surface area (Å²) in [6, 6.07) is 12.7. The molecule has 2 aromatic heterocycles. The largest absolute Gasteiger partial charge is 0.382 e. The number of benzene rings is 1. The first-order valence-electron chi connectivity index (χ1n) is 7.56. The van der Waals surface area contributed by atoms with Gasteiger partial charge in [-0.2, -0.15) is 15.3 Å². The van der Waals surface area contributed by atoms with E-state index in [1.807, 2.05) is 24.3 Å². The predicted molar refractivity (Wildman–Crippen MR) is 95.4 cm³/mol. The lowest BCUT2D eigenvalue weighted by molar-refractivity contribution is 0.386. The van der Waals surface area contributed by atoms with E-state index in [4.69, 9.17) is 20.9 Å². The van der Waals surface area contributed by atoms with E-state index in [1.54, 1.807) is 30.6 Å². The second-order valence-electron chi connectivity index (χ2n) is 5.19. The number of nitrogens with two attached hydrogens (primary N) is 1. The van der Waals surface area contributed by atoms with E-state index in [1.165, 1.54) is 0 Å². The van der Waals surface area contributed by atoms with Crippen LogP contribution in [0.3, 0.4) is 0 Å². The van der Waals surface area contributed by atoms with Crippen LogP contribution in [-0.4, -0.2) is 26.7 Å². The second kappa shape index (κ2) is 7.67. The molecule has 4 N–H and O–H groups in total. The first-order valence-corrected chi connectivity index (χ1v) is 7.56. The van der Waals surface area contributed by atoms with Gasteiger partial charge in [0.1, 0.15) is 6.07 Å². The zero-order valence-electron chi connectivity index (χ0n) is 13.5. The van der Waals surface area contributed by atoms with Gasteiger partial charge in [0.15, 0.2) is 5.84 Å². The summed E-state index contributed by atoms with van der Waals surface area (Å²) in [6.45, 7) is 0. The van der Waals surface area contributed by atoms with Crippen LogP contribution in [0.25, 0.3) is 11.4 Å². The molecule has 0 bridgehead atoms. The molecule has 0 radical (unpaired) electrons. The minimum atomic E-state index is -0.407. The number of nitriles is 1. The fourth-order valence-electron chi connectivity index (χ4n) is 2.15. The lowest BCUT2D eigenvalue weighted by Crippen LogP contribution is -2.22. The third-order valence-corrected chi connectivity index (χ3v) is 3.40. The quantitative estimate of drug-likeness (QED) is 0.350. The van der Waals surface area contributed by atoms with E-state index in [2.05, 4.69) is 25.7 Å². The van der Waals surface area contributed by atoms with Crippen molar-refractivity contribution in [3.63, 3.8) is 0 Å². The van der Waals surface area contributed by atoms with E-state index >= 15 is 0 Å². The van der Waals surface area contributed by atoms with Crippen molar-refractivity contribution >= 4 is 17.2 Å². The summed E-state index contributed by atoms with van der Waals surface area (Å²) in [7, 11) is 0. The number of nitrogens with zero attached hydrogens (tertiary/aromatic N) is 5. The molecular weight excluding hydrogens is 332 g/mol. The average Bonchev–Trinajstić information content (AvgIpc) is 3.12. The average molecular weight is 346 g/mol. The lowest BCUT2D eigenvalue weighted by atomic mass is 10.1. The Hall–Kier alpha value is -4.06. The first-order chi connectivity index (χ1) is 12.7. The summed E-state index contributed by atoms with van der Waals surface area (Å²) < 4.78 is 5.30. The number of aromatic nitrogens is 3. The van der Waals surface area contributed by atoms with Gasteiger partial charge >= 0.3 is 0 Å². The Labute approximate surface area is 148 Å². The minimum absolute atomic E-state index is 0.198. The number of anilines is 1. The predicted octanol–water partition coefficient (Wildman–Crippen LogP) is 1.95. The first kappa shape index (κ1) is 16.8. The van der Waals surface area contributed by atoms with Gasteiger partial charge < -0.3 is 10.3 Å². The highest BCUT2D eigenvalue weighted by molar-refractivity contribution is 6.45. The number of pyridine rings is 1. The van der Waals surface area contributed by atoms with Gasteiger partial charge in [0.05, 0.1) is 12.1 Å². The number of amidine groups is 1. The molecule has 3 rings (SSSR count). The molecule has 9 heteroatoms. The van der Waals surface area contributed by atoms with Crippen molar-refractivity contribution in [1.82, 2.24) is 15.1 Å². The highest BCUT2D eigenvalue weighted by Crippen LogP contribution is 2.20. The van der Waals surface area contributed by atoms with Gasteiger partial charge in [0.2, 0.25) is 17.4 Å². The SMILES string of the molecule is N#C/C(=N\Nc1ccccc1Cc1nc(-c2cccnc2)no1)C(=N)N. The van der Waals surface area contributed by atoms with Crippen molar-refractivity contribution < 1.29 is 4.52 Å². The van der Waals surface area contributed by atoms with Crippen molar-refractivity contribution in [2.45, 2.75) is 6.42 Å². The maximum Gasteiger partial charge on any atom is 0.231 e. The summed E-state index contributed by atoms with van der Waals surface area (Å²) >= 11 is 0. The summed E-state index contributed by atoms with van der Waals surface area (Å²) in [6.07, 6.45) is 3.70. The monoisotopic (exact) mass is 346 g/mol. The third-order valence-electron chi connectivity index (χ3n) is 3.40. The summed E-state index contributed by atoms with van der Waals surface area (Å²) in [4.78, 5) is 8.40. The number of para-hydroxylation sites is 1. The van der Waals surface area contributed by atoms with Gasteiger partial charge in [-0.15, -0.1) is 0 Å². The number of rotatable bonds is 6. The van der Waals surface area contributed by atoms with E-state index in [9.17, 15) is 0 Å². The van der Waals surface area contributed by atoms with Crippen LogP contribution >= 0.6 is 0 Å². The van der Waals surface area contributed by atoms with Crippen LogP contribution in [0.2, 0.25) is 0 Å². The molecule has 128 valence electrons. The number of nitrogens with one attached hydrogen (secondary N) is 2. The Morgan fingerprint density at radius 2 is 2.15 bits per heavy atom. The van der Waals surface area contributed by atoms with Gasteiger partial charge in [-0.05, 0) is 23.8 Å². The van der Waals surface area contributed by atoms with Crippen LogP contribution in [-0.2, 0) is 6.42 Å². The number of hydrogen-bond acceptors (Lipinski definition) is 8. The molecule has 0 saturated heterocycles.